The van der Waals surface area contributed by atoms with E-state index in [1.807, 2.05) is 30.3 Å². The topological polar surface area (TPSA) is 82.1 Å². The van der Waals surface area contributed by atoms with E-state index in [0.717, 1.165) is 12.1 Å². The fraction of sp³-hybridized carbons (Fsp3) is 0.579. The SMILES string of the molecule is O=C(O)C(F)(F)F.O=C(OCc1ccccc1)N1CCNCC1CCN1CC(F)(F)C1. The Bertz CT molecular complexity index is 725. The maximum Gasteiger partial charge on any atom is 0.490 e. The molecule has 1 unspecified atom stereocenters. The summed E-state index contributed by atoms with van der Waals surface area (Å²) in [4.78, 5) is 24.7. The van der Waals surface area contributed by atoms with Gasteiger partial charge in [0.1, 0.15) is 6.61 Å². The Hall–Kier alpha value is -2.47. The van der Waals surface area contributed by atoms with Crippen LogP contribution in [0.4, 0.5) is 26.7 Å². The molecule has 1 aromatic carbocycles. The molecule has 12 heteroatoms. The summed E-state index contributed by atoms with van der Waals surface area (Å²) < 4.78 is 62.9. The molecule has 0 spiro atoms. The Morgan fingerprint density at radius 2 is 1.81 bits per heavy atom. The molecule has 2 aliphatic heterocycles. The highest BCUT2D eigenvalue weighted by Crippen LogP contribution is 2.27. The monoisotopic (exact) mass is 453 g/mol. The van der Waals surface area contributed by atoms with Gasteiger partial charge in [-0.1, -0.05) is 30.3 Å². The molecule has 0 aliphatic carbocycles. The maximum absolute atomic E-state index is 12.9. The van der Waals surface area contributed by atoms with Crippen molar-refractivity contribution in [1.82, 2.24) is 15.1 Å². The Labute approximate surface area is 175 Å². The van der Waals surface area contributed by atoms with Crippen molar-refractivity contribution in [3.05, 3.63) is 35.9 Å². The predicted molar refractivity (Wildman–Crippen MR) is 99.7 cm³/mol. The highest BCUT2D eigenvalue weighted by molar-refractivity contribution is 5.73. The van der Waals surface area contributed by atoms with Crippen molar-refractivity contribution in [2.75, 3.05) is 39.3 Å². The number of rotatable bonds is 5. The number of hydrogen-bond donors (Lipinski definition) is 2. The van der Waals surface area contributed by atoms with E-state index in [0.29, 0.717) is 26.1 Å². The Morgan fingerprint density at radius 1 is 1.19 bits per heavy atom. The summed E-state index contributed by atoms with van der Waals surface area (Å²) in [7, 11) is 0. The first-order valence-corrected chi connectivity index (χ1v) is 9.56. The van der Waals surface area contributed by atoms with Gasteiger partial charge in [-0.25, -0.2) is 18.4 Å². The lowest BCUT2D eigenvalue weighted by atomic mass is 10.1. The molecule has 174 valence electrons. The summed E-state index contributed by atoms with van der Waals surface area (Å²) in [5.41, 5.74) is 0.945. The van der Waals surface area contributed by atoms with Crippen LogP contribution in [0.3, 0.4) is 0 Å². The van der Waals surface area contributed by atoms with Gasteiger partial charge in [-0.15, -0.1) is 0 Å². The van der Waals surface area contributed by atoms with Crippen molar-refractivity contribution in [2.45, 2.75) is 31.2 Å². The number of aliphatic carboxylic acids is 1. The van der Waals surface area contributed by atoms with E-state index in [9.17, 15) is 26.7 Å². The van der Waals surface area contributed by atoms with E-state index in [-0.39, 0.29) is 31.8 Å². The van der Waals surface area contributed by atoms with Gasteiger partial charge in [0.15, 0.2) is 0 Å². The number of likely N-dealkylation sites (tertiary alicyclic amines) is 1. The lowest BCUT2D eigenvalue weighted by molar-refractivity contribution is -0.192. The molecule has 2 heterocycles. The zero-order valence-corrected chi connectivity index (χ0v) is 16.6. The van der Waals surface area contributed by atoms with Gasteiger partial charge in [0.2, 0.25) is 0 Å². The largest absolute Gasteiger partial charge is 0.490 e. The van der Waals surface area contributed by atoms with Crippen molar-refractivity contribution < 1.29 is 41.4 Å². The predicted octanol–water partition coefficient (Wildman–Crippen LogP) is 2.57. The summed E-state index contributed by atoms with van der Waals surface area (Å²) in [5.74, 6) is -5.30. The van der Waals surface area contributed by atoms with Crippen LogP contribution in [0.2, 0.25) is 0 Å². The average Bonchev–Trinajstić information content (AvgIpc) is 2.69. The molecular weight excluding hydrogens is 429 g/mol. The summed E-state index contributed by atoms with van der Waals surface area (Å²) in [6, 6.07) is 9.52. The number of carbonyl (C=O) groups excluding carboxylic acids is 1. The fourth-order valence-electron chi connectivity index (χ4n) is 3.16. The first-order valence-electron chi connectivity index (χ1n) is 9.56. The number of hydrogen-bond acceptors (Lipinski definition) is 5. The second-order valence-electron chi connectivity index (χ2n) is 7.25. The van der Waals surface area contributed by atoms with Crippen LogP contribution >= 0.6 is 0 Å². The lowest BCUT2D eigenvalue weighted by Crippen LogP contribution is -2.58. The third-order valence-electron chi connectivity index (χ3n) is 4.72. The van der Waals surface area contributed by atoms with Gasteiger partial charge in [-0.3, -0.25) is 4.90 Å². The maximum atomic E-state index is 12.9. The number of alkyl halides is 5. The molecule has 2 fully saturated rings. The van der Waals surface area contributed by atoms with Crippen LogP contribution in [-0.2, 0) is 16.1 Å². The van der Waals surface area contributed by atoms with Crippen LogP contribution in [0.5, 0.6) is 0 Å². The van der Waals surface area contributed by atoms with Crippen LogP contribution in [0.25, 0.3) is 0 Å². The van der Waals surface area contributed by atoms with E-state index in [1.165, 1.54) is 0 Å². The molecule has 0 saturated carbocycles. The van der Waals surface area contributed by atoms with E-state index in [2.05, 4.69) is 5.32 Å². The minimum Gasteiger partial charge on any atom is -0.475 e. The quantitative estimate of drug-likeness (QED) is 0.667. The van der Waals surface area contributed by atoms with Gasteiger partial charge < -0.3 is 20.1 Å². The van der Waals surface area contributed by atoms with Gasteiger partial charge in [-0.05, 0) is 12.0 Å². The standard InChI is InChI=1S/C17H23F2N3O2.C2HF3O2/c18-17(19)12-21(13-17)8-6-15-10-20-7-9-22(15)16(23)24-11-14-4-2-1-3-5-14;3-2(4,5)1(6)7/h1-5,15,20H,6-13H2;(H,6,7). The Balaban J connectivity index is 0.000000423. The number of carbonyl (C=O) groups is 2. The molecular formula is C19H24F5N3O4. The van der Waals surface area contributed by atoms with Crippen molar-refractivity contribution in [3.63, 3.8) is 0 Å². The van der Waals surface area contributed by atoms with Crippen molar-refractivity contribution >= 4 is 12.1 Å². The second-order valence-corrected chi connectivity index (χ2v) is 7.25. The smallest absolute Gasteiger partial charge is 0.475 e. The van der Waals surface area contributed by atoms with E-state index in [1.54, 1.807) is 9.80 Å². The molecule has 1 aromatic rings. The highest BCUT2D eigenvalue weighted by Gasteiger charge is 2.43. The van der Waals surface area contributed by atoms with E-state index in [4.69, 9.17) is 14.6 Å². The van der Waals surface area contributed by atoms with Crippen molar-refractivity contribution in [2.24, 2.45) is 0 Å². The molecule has 1 atom stereocenters. The van der Waals surface area contributed by atoms with Gasteiger partial charge >= 0.3 is 18.2 Å². The number of amides is 1. The minimum atomic E-state index is -5.08. The van der Waals surface area contributed by atoms with Crippen LogP contribution in [-0.4, -0.2) is 84.4 Å². The molecule has 2 N–H and O–H groups in total. The number of piperazine rings is 1. The van der Waals surface area contributed by atoms with Crippen LogP contribution in [0.1, 0.15) is 12.0 Å². The van der Waals surface area contributed by atoms with E-state index >= 15 is 0 Å². The number of carboxylic acids is 1. The molecule has 2 aliphatic rings. The van der Waals surface area contributed by atoms with Crippen LogP contribution in [0, 0.1) is 0 Å². The minimum absolute atomic E-state index is 0.0174. The fourth-order valence-corrected chi connectivity index (χ4v) is 3.16. The van der Waals surface area contributed by atoms with Gasteiger partial charge in [0.05, 0.1) is 13.1 Å². The Kier molecular flexibility index (Phi) is 8.57. The number of benzene rings is 1. The first-order chi connectivity index (χ1) is 14.5. The third-order valence-corrected chi connectivity index (χ3v) is 4.72. The third kappa shape index (κ3) is 8.29. The average molecular weight is 453 g/mol. The van der Waals surface area contributed by atoms with Crippen LogP contribution in [0.15, 0.2) is 30.3 Å². The molecule has 0 aromatic heterocycles. The molecule has 7 nitrogen and oxygen atoms in total. The number of carboxylic acid groups (broad SMARTS) is 1. The Morgan fingerprint density at radius 3 is 2.35 bits per heavy atom. The molecule has 3 rings (SSSR count). The van der Waals surface area contributed by atoms with Gasteiger partial charge in [0, 0.05) is 32.2 Å². The van der Waals surface area contributed by atoms with Crippen LogP contribution < -0.4 is 5.32 Å². The molecule has 31 heavy (non-hydrogen) atoms. The van der Waals surface area contributed by atoms with Crippen molar-refractivity contribution in [1.29, 1.82) is 0 Å². The molecule has 0 radical (unpaired) electrons. The summed E-state index contributed by atoms with van der Waals surface area (Å²) >= 11 is 0. The number of halogens is 5. The zero-order valence-electron chi connectivity index (χ0n) is 16.6. The zero-order chi connectivity index (χ0) is 23.1. The highest BCUT2D eigenvalue weighted by atomic mass is 19.4. The summed E-state index contributed by atoms with van der Waals surface area (Å²) in [6.07, 6.45) is -4.75. The van der Waals surface area contributed by atoms with Crippen molar-refractivity contribution in [3.8, 4) is 0 Å². The lowest BCUT2D eigenvalue weighted by Gasteiger charge is -2.41. The summed E-state index contributed by atoms with van der Waals surface area (Å²) in [6.45, 7) is 2.44. The summed E-state index contributed by atoms with van der Waals surface area (Å²) in [5, 5.41) is 10.4. The molecule has 1 amide bonds. The van der Waals surface area contributed by atoms with E-state index < -0.39 is 18.1 Å². The number of nitrogens with zero attached hydrogens (tertiary/aromatic N) is 2. The first kappa shape index (κ1) is 24.8. The molecule has 0 bridgehead atoms. The number of nitrogens with one attached hydrogen (secondary N) is 1. The number of ether oxygens (including phenoxy) is 1. The normalized spacial score (nSPS) is 20.8. The molecule has 2 saturated heterocycles. The van der Waals surface area contributed by atoms with Gasteiger partial charge in [0.25, 0.3) is 5.92 Å². The second kappa shape index (κ2) is 10.7. The van der Waals surface area contributed by atoms with Gasteiger partial charge in [-0.2, -0.15) is 13.2 Å².